The monoisotopic (exact) mass is 462 g/mol. The lowest BCUT2D eigenvalue weighted by molar-refractivity contribution is -0.0426. The van der Waals surface area contributed by atoms with Gasteiger partial charge in [0.15, 0.2) is 6.29 Å². The maximum atomic E-state index is 11.6. The molecule has 182 valence electrons. The zero-order valence-corrected chi connectivity index (χ0v) is 20.6. The van der Waals surface area contributed by atoms with Gasteiger partial charge in [-0.2, -0.15) is 0 Å². The third-order valence-electron chi connectivity index (χ3n) is 6.71. The summed E-state index contributed by atoms with van der Waals surface area (Å²) in [6.07, 6.45) is 1.63. The van der Waals surface area contributed by atoms with Crippen LogP contribution in [0.5, 0.6) is 0 Å². The van der Waals surface area contributed by atoms with Crippen molar-refractivity contribution < 1.29 is 20.1 Å². The standard InChI is InChI=1S/C30H38O4/c1-4-30(33,5-2)28-25(14-10-16-27(28)24-12-7-6-8-13-24)19-22(3)17-18-34-21-23-11-9-15-26(20-23)29(31)32/h6-16,20,22,29,31-33H,4-5,17-19,21H2,1-3H3. The van der Waals surface area contributed by atoms with Crippen LogP contribution in [0.1, 0.15) is 68.6 Å². The highest BCUT2D eigenvalue weighted by Gasteiger charge is 2.31. The molecule has 3 N–H and O–H groups in total. The van der Waals surface area contributed by atoms with Crippen LogP contribution in [0, 0.1) is 5.92 Å². The smallest absolute Gasteiger partial charge is 0.178 e. The molecule has 0 amide bonds. The number of aliphatic hydroxyl groups is 3. The van der Waals surface area contributed by atoms with E-state index in [1.165, 1.54) is 5.56 Å². The summed E-state index contributed by atoms with van der Waals surface area (Å²) in [6.45, 7) is 7.39. The fourth-order valence-corrected chi connectivity index (χ4v) is 4.58. The van der Waals surface area contributed by atoms with Crippen LogP contribution in [0.4, 0.5) is 0 Å². The highest BCUT2D eigenvalue weighted by atomic mass is 16.5. The van der Waals surface area contributed by atoms with E-state index in [9.17, 15) is 15.3 Å². The first-order valence-electron chi connectivity index (χ1n) is 12.3. The van der Waals surface area contributed by atoms with Gasteiger partial charge in [0.2, 0.25) is 0 Å². The molecule has 4 nitrogen and oxygen atoms in total. The molecule has 3 rings (SSSR count). The second-order valence-electron chi connectivity index (χ2n) is 9.21. The summed E-state index contributed by atoms with van der Waals surface area (Å²) in [5.41, 5.74) is 5.03. The van der Waals surface area contributed by atoms with Crippen molar-refractivity contribution in [3.63, 3.8) is 0 Å². The molecule has 0 bridgehead atoms. The van der Waals surface area contributed by atoms with E-state index in [0.29, 0.717) is 37.5 Å². The van der Waals surface area contributed by atoms with Crippen molar-refractivity contribution in [3.8, 4) is 11.1 Å². The van der Waals surface area contributed by atoms with Crippen LogP contribution in [-0.4, -0.2) is 21.9 Å². The lowest BCUT2D eigenvalue weighted by atomic mass is 9.78. The summed E-state index contributed by atoms with van der Waals surface area (Å²) in [4.78, 5) is 0. The van der Waals surface area contributed by atoms with Crippen LogP contribution in [-0.2, 0) is 23.4 Å². The average molecular weight is 463 g/mol. The van der Waals surface area contributed by atoms with Crippen molar-refractivity contribution in [3.05, 3.63) is 95.1 Å². The van der Waals surface area contributed by atoms with Crippen LogP contribution < -0.4 is 0 Å². The van der Waals surface area contributed by atoms with Crippen molar-refractivity contribution in [2.45, 2.75) is 65.0 Å². The maximum Gasteiger partial charge on any atom is 0.178 e. The van der Waals surface area contributed by atoms with Crippen molar-refractivity contribution >= 4 is 0 Å². The zero-order chi connectivity index (χ0) is 24.6. The van der Waals surface area contributed by atoms with Gasteiger partial charge in [-0.05, 0) is 65.5 Å². The minimum atomic E-state index is -1.47. The predicted molar refractivity (Wildman–Crippen MR) is 137 cm³/mol. The average Bonchev–Trinajstić information content (AvgIpc) is 2.86. The number of ether oxygens (including phenoxy) is 1. The predicted octanol–water partition coefficient (Wildman–Crippen LogP) is 6.13. The lowest BCUT2D eigenvalue weighted by Gasteiger charge is -2.32. The van der Waals surface area contributed by atoms with Crippen LogP contribution in [0.3, 0.4) is 0 Å². The van der Waals surface area contributed by atoms with Gasteiger partial charge < -0.3 is 20.1 Å². The Bertz CT molecular complexity index is 1020. The fraction of sp³-hybridized carbons (Fsp3) is 0.400. The van der Waals surface area contributed by atoms with E-state index in [1.54, 1.807) is 18.2 Å². The van der Waals surface area contributed by atoms with Crippen molar-refractivity contribution in [2.24, 2.45) is 5.92 Å². The summed E-state index contributed by atoms with van der Waals surface area (Å²) in [6, 6.07) is 23.9. The molecular formula is C30H38O4. The minimum Gasteiger partial charge on any atom is -0.385 e. The molecule has 0 aliphatic heterocycles. The molecule has 0 spiro atoms. The van der Waals surface area contributed by atoms with Crippen LogP contribution in [0.25, 0.3) is 11.1 Å². The number of hydrogen-bond acceptors (Lipinski definition) is 4. The van der Waals surface area contributed by atoms with Gasteiger partial charge >= 0.3 is 0 Å². The molecule has 0 fully saturated rings. The Morgan fingerprint density at radius 3 is 2.26 bits per heavy atom. The third-order valence-corrected chi connectivity index (χ3v) is 6.71. The largest absolute Gasteiger partial charge is 0.385 e. The zero-order valence-electron chi connectivity index (χ0n) is 20.6. The number of hydrogen-bond donors (Lipinski definition) is 3. The fourth-order valence-electron chi connectivity index (χ4n) is 4.58. The Hall–Kier alpha value is -2.50. The Morgan fingerprint density at radius 1 is 0.882 bits per heavy atom. The van der Waals surface area contributed by atoms with Gasteiger partial charge in [0.1, 0.15) is 0 Å². The first-order valence-corrected chi connectivity index (χ1v) is 12.3. The molecule has 0 aliphatic rings. The van der Waals surface area contributed by atoms with Gasteiger partial charge in [0, 0.05) is 12.2 Å². The van der Waals surface area contributed by atoms with E-state index in [-0.39, 0.29) is 0 Å². The first kappa shape index (κ1) is 26.1. The SMILES string of the molecule is CCC(O)(CC)c1c(CC(C)CCOCc2cccc(C(O)O)c2)cccc1-c1ccccc1. The second kappa shape index (κ2) is 12.3. The van der Waals surface area contributed by atoms with E-state index in [2.05, 4.69) is 51.1 Å². The van der Waals surface area contributed by atoms with Crippen molar-refractivity contribution in [1.29, 1.82) is 0 Å². The van der Waals surface area contributed by atoms with E-state index >= 15 is 0 Å². The Labute approximate surface area is 203 Å². The molecule has 34 heavy (non-hydrogen) atoms. The first-order chi connectivity index (χ1) is 16.4. The molecule has 4 heteroatoms. The summed E-state index contributed by atoms with van der Waals surface area (Å²) >= 11 is 0. The molecule has 3 aromatic rings. The van der Waals surface area contributed by atoms with Crippen LogP contribution in [0.2, 0.25) is 0 Å². The molecular weight excluding hydrogens is 424 g/mol. The van der Waals surface area contributed by atoms with Gasteiger partial charge in [0.25, 0.3) is 0 Å². The highest BCUT2D eigenvalue weighted by molar-refractivity contribution is 5.70. The second-order valence-corrected chi connectivity index (χ2v) is 9.21. The molecule has 0 radical (unpaired) electrons. The number of aliphatic hydroxyl groups excluding tert-OH is 1. The van der Waals surface area contributed by atoms with Gasteiger partial charge in [-0.1, -0.05) is 87.5 Å². The quantitative estimate of drug-likeness (QED) is 0.224. The number of rotatable bonds is 12. The van der Waals surface area contributed by atoms with Gasteiger partial charge in [-0.25, -0.2) is 0 Å². The van der Waals surface area contributed by atoms with Crippen molar-refractivity contribution in [2.75, 3.05) is 6.61 Å². The molecule has 1 atom stereocenters. The van der Waals surface area contributed by atoms with E-state index < -0.39 is 11.9 Å². The van der Waals surface area contributed by atoms with E-state index in [0.717, 1.165) is 35.1 Å². The van der Waals surface area contributed by atoms with Gasteiger partial charge in [0.05, 0.1) is 12.2 Å². The van der Waals surface area contributed by atoms with Gasteiger partial charge in [-0.3, -0.25) is 0 Å². The third kappa shape index (κ3) is 6.55. The van der Waals surface area contributed by atoms with E-state index in [1.807, 2.05) is 24.3 Å². The molecule has 0 aromatic heterocycles. The summed E-state index contributed by atoms with van der Waals surface area (Å²) in [5, 5.41) is 30.3. The summed E-state index contributed by atoms with van der Waals surface area (Å²) in [5.74, 6) is 0.383. The minimum absolute atomic E-state index is 0.383. The van der Waals surface area contributed by atoms with E-state index in [4.69, 9.17) is 4.74 Å². The molecule has 0 saturated heterocycles. The number of benzene rings is 3. The lowest BCUT2D eigenvalue weighted by Crippen LogP contribution is -2.27. The summed E-state index contributed by atoms with van der Waals surface area (Å²) < 4.78 is 5.88. The Balaban J connectivity index is 1.70. The topological polar surface area (TPSA) is 69.9 Å². The molecule has 0 heterocycles. The van der Waals surface area contributed by atoms with Crippen molar-refractivity contribution in [1.82, 2.24) is 0 Å². The Kier molecular flexibility index (Phi) is 9.43. The summed E-state index contributed by atoms with van der Waals surface area (Å²) in [7, 11) is 0. The van der Waals surface area contributed by atoms with Crippen LogP contribution >= 0.6 is 0 Å². The highest BCUT2D eigenvalue weighted by Crippen LogP contribution is 2.39. The maximum absolute atomic E-state index is 11.6. The molecule has 0 saturated carbocycles. The van der Waals surface area contributed by atoms with Gasteiger partial charge in [-0.15, -0.1) is 0 Å². The molecule has 1 unspecified atom stereocenters. The Morgan fingerprint density at radius 2 is 1.59 bits per heavy atom. The molecule has 3 aromatic carbocycles. The molecule has 0 aliphatic carbocycles. The van der Waals surface area contributed by atoms with Crippen LogP contribution in [0.15, 0.2) is 72.8 Å². The normalized spacial score (nSPS) is 12.8.